The van der Waals surface area contributed by atoms with Crippen molar-refractivity contribution in [2.75, 3.05) is 6.61 Å². The van der Waals surface area contributed by atoms with Crippen molar-refractivity contribution in [2.24, 2.45) is 0 Å². The monoisotopic (exact) mass is 446 g/mol. The SMILES string of the molecule is CCCCCCCCCCOC(=O)CCCCCCCCC(=O)Oc1cc(C)ccc1C. The molecule has 1 rings (SSSR count). The molecule has 0 heterocycles. The molecule has 0 bridgehead atoms. The van der Waals surface area contributed by atoms with Crippen LogP contribution in [0.15, 0.2) is 18.2 Å². The number of benzene rings is 1. The summed E-state index contributed by atoms with van der Waals surface area (Å²) in [6, 6.07) is 5.90. The van der Waals surface area contributed by atoms with E-state index in [9.17, 15) is 9.59 Å². The van der Waals surface area contributed by atoms with Gasteiger partial charge in [0.25, 0.3) is 0 Å². The van der Waals surface area contributed by atoms with E-state index in [1.165, 1.54) is 38.5 Å². The fourth-order valence-corrected chi connectivity index (χ4v) is 3.73. The van der Waals surface area contributed by atoms with Crippen LogP contribution in [0.25, 0.3) is 0 Å². The van der Waals surface area contributed by atoms with Crippen LogP contribution in [0.1, 0.15) is 121 Å². The molecule has 0 atom stereocenters. The van der Waals surface area contributed by atoms with Gasteiger partial charge in [-0.05, 0) is 50.3 Å². The minimum atomic E-state index is -0.155. The van der Waals surface area contributed by atoms with Crippen molar-refractivity contribution in [1.82, 2.24) is 0 Å². The number of ether oxygens (including phenoxy) is 2. The van der Waals surface area contributed by atoms with Crippen molar-refractivity contribution >= 4 is 11.9 Å². The zero-order chi connectivity index (χ0) is 23.4. The number of rotatable bonds is 19. The van der Waals surface area contributed by atoms with Gasteiger partial charge in [-0.2, -0.15) is 0 Å². The predicted molar refractivity (Wildman–Crippen MR) is 132 cm³/mol. The molecule has 0 aliphatic rings. The van der Waals surface area contributed by atoms with E-state index in [2.05, 4.69) is 6.92 Å². The molecule has 1 aromatic rings. The normalized spacial score (nSPS) is 10.8. The Bertz CT molecular complexity index is 638. The highest BCUT2D eigenvalue weighted by atomic mass is 16.5. The molecule has 0 saturated carbocycles. The molecular formula is C28H46O4. The molecule has 0 fully saturated rings. The summed E-state index contributed by atoms with van der Waals surface area (Å²) in [5.41, 5.74) is 2.08. The Kier molecular flexibility index (Phi) is 16.5. The molecule has 0 aliphatic heterocycles. The molecule has 182 valence electrons. The fraction of sp³-hybridized carbons (Fsp3) is 0.714. The van der Waals surface area contributed by atoms with Crippen molar-refractivity contribution < 1.29 is 19.1 Å². The minimum absolute atomic E-state index is 0.0536. The van der Waals surface area contributed by atoms with Gasteiger partial charge in [-0.3, -0.25) is 9.59 Å². The van der Waals surface area contributed by atoms with Crippen LogP contribution >= 0.6 is 0 Å². The second-order valence-corrected chi connectivity index (χ2v) is 9.06. The molecular weight excluding hydrogens is 400 g/mol. The molecule has 0 N–H and O–H groups in total. The van der Waals surface area contributed by atoms with Gasteiger partial charge in [0.05, 0.1) is 6.61 Å². The Morgan fingerprint density at radius 1 is 0.688 bits per heavy atom. The Hall–Kier alpha value is -1.84. The topological polar surface area (TPSA) is 52.6 Å². The van der Waals surface area contributed by atoms with Gasteiger partial charge >= 0.3 is 11.9 Å². The van der Waals surface area contributed by atoms with Gasteiger partial charge in [0.1, 0.15) is 5.75 Å². The summed E-state index contributed by atoms with van der Waals surface area (Å²) in [6.07, 6.45) is 17.0. The number of carbonyl (C=O) groups excluding carboxylic acids is 2. The molecule has 0 unspecified atom stereocenters. The molecule has 0 aliphatic carbocycles. The van der Waals surface area contributed by atoms with Crippen molar-refractivity contribution in [2.45, 2.75) is 124 Å². The number of carbonyl (C=O) groups is 2. The zero-order valence-electron chi connectivity index (χ0n) is 20.9. The van der Waals surface area contributed by atoms with Crippen LogP contribution in [0.2, 0.25) is 0 Å². The number of hydrogen-bond acceptors (Lipinski definition) is 4. The van der Waals surface area contributed by atoms with E-state index in [4.69, 9.17) is 9.47 Å². The molecule has 0 amide bonds. The number of aryl methyl sites for hydroxylation is 2. The first-order chi connectivity index (χ1) is 15.5. The average molecular weight is 447 g/mol. The van der Waals surface area contributed by atoms with Crippen molar-refractivity contribution in [3.63, 3.8) is 0 Å². The van der Waals surface area contributed by atoms with Gasteiger partial charge in [-0.15, -0.1) is 0 Å². The Morgan fingerprint density at radius 3 is 1.84 bits per heavy atom. The highest BCUT2D eigenvalue weighted by molar-refractivity contribution is 5.72. The molecule has 4 nitrogen and oxygen atoms in total. The van der Waals surface area contributed by atoms with Crippen LogP contribution in [0.5, 0.6) is 5.75 Å². The van der Waals surface area contributed by atoms with E-state index in [0.29, 0.717) is 25.2 Å². The van der Waals surface area contributed by atoms with Crippen LogP contribution in [0.4, 0.5) is 0 Å². The summed E-state index contributed by atoms with van der Waals surface area (Å²) < 4.78 is 10.8. The van der Waals surface area contributed by atoms with E-state index >= 15 is 0 Å². The van der Waals surface area contributed by atoms with Crippen LogP contribution < -0.4 is 4.74 Å². The van der Waals surface area contributed by atoms with Crippen LogP contribution in [0, 0.1) is 13.8 Å². The fourth-order valence-electron chi connectivity index (χ4n) is 3.73. The van der Waals surface area contributed by atoms with E-state index in [-0.39, 0.29) is 11.9 Å². The first-order valence-electron chi connectivity index (χ1n) is 13.0. The first-order valence-corrected chi connectivity index (χ1v) is 13.0. The summed E-state index contributed by atoms with van der Waals surface area (Å²) >= 11 is 0. The molecule has 32 heavy (non-hydrogen) atoms. The maximum Gasteiger partial charge on any atom is 0.311 e. The van der Waals surface area contributed by atoms with Crippen molar-refractivity contribution in [3.8, 4) is 5.75 Å². The van der Waals surface area contributed by atoms with Crippen molar-refractivity contribution in [1.29, 1.82) is 0 Å². The first kappa shape index (κ1) is 28.2. The third kappa shape index (κ3) is 15.0. The van der Waals surface area contributed by atoms with Gasteiger partial charge in [-0.25, -0.2) is 0 Å². The summed E-state index contributed by atoms with van der Waals surface area (Å²) in [7, 11) is 0. The quantitative estimate of drug-likeness (QED) is 0.123. The molecule has 0 radical (unpaired) electrons. The lowest BCUT2D eigenvalue weighted by Gasteiger charge is -2.08. The summed E-state index contributed by atoms with van der Waals surface area (Å²) in [4.78, 5) is 23.8. The molecule has 0 saturated heterocycles. The number of hydrogen-bond donors (Lipinski definition) is 0. The lowest BCUT2D eigenvalue weighted by atomic mass is 10.1. The Balaban J connectivity index is 1.89. The van der Waals surface area contributed by atoms with Gasteiger partial charge in [0.15, 0.2) is 0 Å². The minimum Gasteiger partial charge on any atom is -0.466 e. The number of unbranched alkanes of at least 4 members (excludes halogenated alkanes) is 12. The van der Waals surface area contributed by atoms with Gasteiger partial charge in [0, 0.05) is 12.8 Å². The third-order valence-corrected chi connectivity index (χ3v) is 5.84. The van der Waals surface area contributed by atoms with Crippen LogP contribution in [0.3, 0.4) is 0 Å². The highest BCUT2D eigenvalue weighted by Gasteiger charge is 2.08. The predicted octanol–water partition coefficient (Wildman–Crippen LogP) is 8.01. The largest absolute Gasteiger partial charge is 0.466 e. The Morgan fingerprint density at radius 2 is 1.22 bits per heavy atom. The molecule has 1 aromatic carbocycles. The van der Waals surface area contributed by atoms with E-state index < -0.39 is 0 Å². The standard InChI is InChI=1S/C28H46O4/c1-4-5-6-7-8-11-14-17-22-31-27(29)18-15-12-9-10-13-16-19-28(30)32-26-23-24(2)20-21-25(26)3/h20-21,23H,4-19,22H2,1-3H3. The third-order valence-electron chi connectivity index (χ3n) is 5.84. The maximum absolute atomic E-state index is 12.0. The highest BCUT2D eigenvalue weighted by Crippen LogP contribution is 2.20. The Labute approximate surface area is 196 Å². The molecule has 0 aromatic heterocycles. The van der Waals surface area contributed by atoms with Crippen molar-refractivity contribution in [3.05, 3.63) is 29.3 Å². The van der Waals surface area contributed by atoms with Crippen LogP contribution in [-0.2, 0) is 14.3 Å². The van der Waals surface area contributed by atoms with Gasteiger partial charge in [-0.1, -0.05) is 89.7 Å². The second-order valence-electron chi connectivity index (χ2n) is 9.06. The van der Waals surface area contributed by atoms with E-state index in [1.807, 2.05) is 32.0 Å². The lowest BCUT2D eigenvalue weighted by molar-refractivity contribution is -0.144. The average Bonchev–Trinajstić information content (AvgIpc) is 2.77. The van der Waals surface area contributed by atoms with E-state index in [0.717, 1.165) is 62.5 Å². The second kappa shape index (κ2) is 18.7. The van der Waals surface area contributed by atoms with Gasteiger partial charge in [0.2, 0.25) is 0 Å². The van der Waals surface area contributed by atoms with Gasteiger partial charge < -0.3 is 9.47 Å². The summed E-state index contributed by atoms with van der Waals surface area (Å²) in [6.45, 7) is 6.76. The molecule has 4 heteroatoms. The van der Waals surface area contributed by atoms with Crippen LogP contribution in [-0.4, -0.2) is 18.5 Å². The summed E-state index contributed by atoms with van der Waals surface area (Å²) in [5.74, 6) is 0.462. The maximum atomic E-state index is 12.0. The smallest absolute Gasteiger partial charge is 0.311 e. The number of esters is 2. The van der Waals surface area contributed by atoms with E-state index in [1.54, 1.807) is 0 Å². The zero-order valence-corrected chi connectivity index (χ0v) is 20.9. The summed E-state index contributed by atoms with van der Waals surface area (Å²) in [5, 5.41) is 0. The lowest BCUT2D eigenvalue weighted by Crippen LogP contribution is -2.08. The molecule has 0 spiro atoms.